The summed E-state index contributed by atoms with van der Waals surface area (Å²) in [6, 6.07) is 3.42. The van der Waals surface area contributed by atoms with Crippen molar-refractivity contribution in [3.8, 4) is 0 Å². The molecule has 1 unspecified atom stereocenters. The van der Waals surface area contributed by atoms with Crippen LogP contribution < -0.4 is 0 Å². The molecule has 0 spiro atoms. The lowest BCUT2D eigenvalue weighted by atomic mass is 9.95. The van der Waals surface area contributed by atoms with Crippen molar-refractivity contribution in [3.05, 3.63) is 46.2 Å². The quantitative estimate of drug-likeness (QED) is 0.619. The second-order valence-electron chi connectivity index (χ2n) is 5.29. The van der Waals surface area contributed by atoms with Crippen LogP contribution in [0.2, 0.25) is 0 Å². The Labute approximate surface area is 131 Å². The van der Waals surface area contributed by atoms with E-state index >= 15 is 0 Å². The summed E-state index contributed by atoms with van der Waals surface area (Å²) in [5.41, 5.74) is 2.37. The third-order valence-electron chi connectivity index (χ3n) is 3.31. The fourth-order valence-corrected chi connectivity index (χ4v) is 2.42. The van der Waals surface area contributed by atoms with Crippen molar-refractivity contribution in [3.63, 3.8) is 0 Å². The van der Waals surface area contributed by atoms with Crippen LogP contribution in [-0.4, -0.2) is 23.8 Å². The van der Waals surface area contributed by atoms with E-state index in [0.717, 1.165) is 5.56 Å². The highest BCUT2D eigenvalue weighted by molar-refractivity contribution is 5.40. The zero-order chi connectivity index (χ0) is 18.0. The van der Waals surface area contributed by atoms with Crippen LogP contribution in [0.1, 0.15) is 35.3 Å². The normalized spacial score (nSPS) is 14.8. The first-order chi connectivity index (χ1) is 10.4. The lowest BCUT2D eigenvalue weighted by molar-refractivity contribution is -0.277. The molecule has 7 heteroatoms. The molecule has 0 aromatic heterocycles. The number of aryl methyl sites for hydroxylation is 3. The lowest BCUT2D eigenvalue weighted by Gasteiger charge is -2.24. The van der Waals surface area contributed by atoms with E-state index in [2.05, 4.69) is 4.74 Å². The van der Waals surface area contributed by atoms with Crippen LogP contribution in [0.25, 0.3) is 0 Å². The third-order valence-corrected chi connectivity index (χ3v) is 3.31. The molecule has 1 N–H and O–H groups in total. The topological polar surface area (TPSA) is 29.5 Å². The van der Waals surface area contributed by atoms with Gasteiger partial charge < -0.3 is 9.84 Å². The van der Waals surface area contributed by atoms with Gasteiger partial charge in [-0.15, -0.1) is 0 Å². The minimum Gasteiger partial charge on any atom is -0.492 e. The van der Waals surface area contributed by atoms with Gasteiger partial charge in [0.1, 0.15) is 6.10 Å². The van der Waals surface area contributed by atoms with Crippen LogP contribution in [0.15, 0.2) is 24.0 Å². The number of rotatable bonds is 5. The molecule has 23 heavy (non-hydrogen) atoms. The summed E-state index contributed by atoms with van der Waals surface area (Å²) in [4.78, 5) is 0. The second-order valence-corrected chi connectivity index (χ2v) is 5.29. The largest absolute Gasteiger partial charge is 0.492 e. The molecular formula is C16H19F5O2. The first-order valence-corrected chi connectivity index (χ1v) is 6.97. The Hall–Kier alpha value is -1.63. The average molecular weight is 338 g/mol. The van der Waals surface area contributed by atoms with Crippen molar-refractivity contribution in [2.24, 2.45) is 0 Å². The molecule has 130 valence electrons. The van der Waals surface area contributed by atoms with Gasteiger partial charge >= 0.3 is 12.1 Å². The standard InChI is InChI=1S/C16H19F5O2/c1-5-23-13(15(17,18)16(19,20)21)8-12(22)14-10(3)6-9(2)7-11(14)4/h6-8,12,22H,5H2,1-4H3/b13-8-. The van der Waals surface area contributed by atoms with Gasteiger partial charge in [-0.25, -0.2) is 0 Å². The minimum atomic E-state index is -5.80. The van der Waals surface area contributed by atoms with Gasteiger partial charge in [-0.05, 0) is 50.5 Å². The van der Waals surface area contributed by atoms with E-state index in [-0.39, 0.29) is 12.2 Å². The Morgan fingerprint density at radius 2 is 1.61 bits per heavy atom. The van der Waals surface area contributed by atoms with E-state index in [0.29, 0.717) is 17.2 Å². The number of benzene rings is 1. The first kappa shape index (κ1) is 19.4. The summed E-state index contributed by atoms with van der Waals surface area (Å²) in [5.74, 6) is -6.77. The van der Waals surface area contributed by atoms with Crippen LogP contribution in [-0.2, 0) is 4.74 Å². The maximum absolute atomic E-state index is 13.5. The van der Waals surface area contributed by atoms with E-state index in [9.17, 15) is 27.1 Å². The Morgan fingerprint density at radius 1 is 1.13 bits per heavy atom. The number of aliphatic hydroxyl groups excluding tert-OH is 1. The Bertz CT molecular complexity index is 568. The number of hydrogen-bond donors (Lipinski definition) is 1. The molecule has 0 fully saturated rings. The van der Waals surface area contributed by atoms with E-state index in [4.69, 9.17) is 0 Å². The summed E-state index contributed by atoms with van der Waals surface area (Å²) in [5, 5.41) is 10.1. The van der Waals surface area contributed by atoms with Crippen molar-refractivity contribution in [1.29, 1.82) is 0 Å². The Kier molecular flexibility index (Phi) is 5.79. The number of ether oxygens (including phenoxy) is 1. The molecular weight excluding hydrogens is 319 g/mol. The molecule has 1 atom stereocenters. The van der Waals surface area contributed by atoms with E-state index in [1.807, 2.05) is 6.92 Å². The molecule has 0 saturated heterocycles. The van der Waals surface area contributed by atoms with E-state index in [1.54, 1.807) is 26.0 Å². The molecule has 0 bridgehead atoms. The summed E-state index contributed by atoms with van der Waals surface area (Å²) in [6.07, 6.45) is -7.02. The van der Waals surface area contributed by atoms with Crippen molar-refractivity contribution in [2.75, 3.05) is 6.61 Å². The average Bonchev–Trinajstić information content (AvgIpc) is 2.35. The van der Waals surface area contributed by atoms with Crippen LogP contribution in [0, 0.1) is 20.8 Å². The second kappa shape index (κ2) is 6.86. The number of allylic oxidation sites excluding steroid dienone is 1. The van der Waals surface area contributed by atoms with Crippen LogP contribution in [0.5, 0.6) is 0 Å². The molecule has 0 saturated carbocycles. The third kappa shape index (κ3) is 4.22. The number of aliphatic hydroxyl groups is 1. The zero-order valence-corrected chi connectivity index (χ0v) is 13.3. The van der Waals surface area contributed by atoms with Gasteiger partial charge in [-0.2, -0.15) is 22.0 Å². The molecule has 1 rings (SSSR count). The van der Waals surface area contributed by atoms with Gasteiger partial charge in [0.2, 0.25) is 0 Å². The van der Waals surface area contributed by atoms with Crippen molar-refractivity contribution < 1.29 is 31.8 Å². The highest BCUT2D eigenvalue weighted by Crippen LogP contribution is 2.42. The predicted molar refractivity (Wildman–Crippen MR) is 76.3 cm³/mol. The molecule has 1 aromatic rings. The van der Waals surface area contributed by atoms with Gasteiger partial charge in [0.25, 0.3) is 0 Å². The minimum absolute atomic E-state index is 0.283. The molecule has 1 aromatic carbocycles. The molecule has 0 heterocycles. The Balaban J connectivity index is 3.34. The van der Waals surface area contributed by atoms with Gasteiger partial charge in [0, 0.05) is 0 Å². The molecule has 0 radical (unpaired) electrons. The highest BCUT2D eigenvalue weighted by atomic mass is 19.4. The Morgan fingerprint density at radius 3 is 2.00 bits per heavy atom. The monoisotopic (exact) mass is 338 g/mol. The summed E-state index contributed by atoms with van der Waals surface area (Å²) in [7, 11) is 0. The molecule has 0 aliphatic carbocycles. The van der Waals surface area contributed by atoms with E-state index in [1.165, 1.54) is 6.92 Å². The van der Waals surface area contributed by atoms with Gasteiger partial charge in [-0.1, -0.05) is 17.7 Å². The van der Waals surface area contributed by atoms with Gasteiger partial charge in [-0.3, -0.25) is 0 Å². The fraction of sp³-hybridized carbons (Fsp3) is 0.500. The number of hydrogen-bond acceptors (Lipinski definition) is 2. The smallest absolute Gasteiger partial charge is 0.461 e. The van der Waals surface area contributed by atoms with Crippen LogP contribution in [0.4, 0.5) is 22.0 Å². The van der Waals surface area contributed by atoms with Gasteiger partial charge in [0.15, 0.2) is 5.76 Å². The fourth-order valence-electron chi connectivity index (χ4n) is 2.42. The predicted octanol–water partition coefficient (Wildman–Crippen LogP) is 4.76. The SMILES string of the molecule is CCO/C(=C\C(O)c1c(C)cc(C)cc1C)C(F)(F)C(F)(F)F. The van der Waals surface area contributed by atoms with Crippen LogP contribution in [0.3, 0.4) is 0 Å². The van der Waals surface area contributed by atoms with Crippen molar-refractivity contribution in [2.45, 2.75) is 45.9 Å². The lowest BCUT2D eigenvalue weighted by Crippen LogP contribution is -2.39. The van der Waals surface area contributed by atoms with Gasteiger partial charge in [0.05, 0.1) is 6.61 Å². The molecule has 0 aliphatic rings. The summed E-state index contributed by atoms with van der Waals surface area (Å²) >= 11 is 0. The van der Waals surface area contributed by atoms with Crippen molar-refractivity contribution >= 4 is 0 Å². The summed E-state index contributed by atoms with van der Waals surface area (Å²) in [6.45, 7) is 6.02. The first-order valence-electron chi connectivity index (χ1n) is 6.97. The molecule has 2 nitrogen and oxygen atoms in total. The molecule has 0 aliphatic heterocycles. The van der Waals surface area contributed by atoms with E-state index < -0.39 is 24.0 Å². The van der Waals surface area contributed by atoms with Crippen LogP contribution >= 0.6 is 0 Å². The molecule has 0 amide bonds. The van der Waals surface area contributed by atoms with Crippen molar-refractivity contribution in [1.82, 2.24) is 0 Å². The maximum atomic E-state index is 13.5. The number of alkyl halides is 5. The number of halogens is 5. The summed E-state index contributed by atoms with van der Waals surface area (Å²) < 4.78 is 69.0. The zero-order valence-electron chi connectivity index (χ0n) is 13.3. The maximum Gasteiger partial charge on any atom is 0.461 e. The highest BCUT2D eigenvalue weighted by Gasteiger charge is 2.61.